The maximum absolute atomic E-state index is 13.3. The van der Waals surface area contributed by atoms with Crippen LogP contribution in [0.25, 0.3) is 16.5 Å². The van der Waals surface area contributed by atoms with Crippen molar-refractivity contribution < 1.29 is 23.1 Å². The van der Waals surface area contributed by atoms with E-state index in [0.29, 0.717) is 35.6 Å². The van der Waals surface area contributed by atoms with Crippen molar-refractivity contribution in [2.24, 2.45) is 0 Å². The summed E-state index contributed by atoms with van der Waals surface area (Å²) in [7, 11) is 0. The number of benzene rings is 1. The minimum Gasteiger partial charge on any atom is -0.457 e. The Morgan fingerprint density at radius 3 is 2.85 bits per heavy atom. The smallest absolute Gasteiger partial charge is 0.236 e. The highest BCUT2D eigenvalue weighted by molar-refractivity contribution is 6.24. The fourth-order valence-electron chi connectivity index (χ4n) is 3.04. The summed E-state index contributed by atoms with van der Waals surface area (Å²) in [4.78, 5) is 24.1. The minimum absolute atomic E-state index is 0.0965. The van der Waals surface area contributed by atoms with E-state index in [0.717, 1.165) is 10.9 Å². The van der Waals surface area contributed by atoms with E-state index in [2.05, 4.69) is 5.32 Å². The van der Waals surface area contributed by atoms with Crippen molar-refractivity contribution in [1.82, 2.24) is 5.32 Å². The molecule has 0 bridgehead atoms. The molecule has 0 aliphatic carbocycles. The second-order valence-corrected chi connectivity index (χ2v) is 6.21. The van der Waals surface area contributed by atoms with Crippen molar-refractivity contribution in [2.75, 3.05) is 6.54 Å². The van der Waals surface area contributed by atoms with Crippen molar-refractivity contribution in [3.8, 4) is 5.75 Å². The molecule has 0 radical (unpaired) electrons. The Hall–Kier alpha value is -2.89. The van der Waals surface area contributed by atoms with Crippen LogP contribution >= 0.6 is 0 Å². The summed E-state index contributed by atoms with van der Waals surface area (Å²) in [6, 6.07) is 5.30. The van der Waals surface area contributed by atoms with E-state index in [1.54, 1.807) is 19.1 Å². The number of fused-ring (bicyclic) bond motifs is 3. The van der Waals surface area contributed by atoms with E-state index in [1.807, 2.05) is 6.07 Å². The van der Waals surface area contributed by atoms with Crippen LogP contribution in [0.4, 0.5) is 4.39 Å². The molecular weight excluding hydrogens is 337 g/mol. The molecule has 0 spiro atoms. The third kappa shape index (κ3) is 3.40. The van der Waals surface area contributed by atoms with Crippen molar-refractivity contribution in [3.63, 3.8) is 0 Å². The van der Waals surface area contributed by atoms with Gasteiger partial charge in [-0.2, -0.15) is 0 Å². The van der Waals surface area contributed by atoms with Crippen molar-refractivity contribution in [1.29, 1.82) is 0 Å². The molecule has 0 saturated carbocycles. The Morgan fingerprint density at radius 1 is 1.38 bits per heavy atom. The van der Waals surface area contributed by atoms with Crippen LogP contribution in [0, 0.1) is 0 Å². The Balaban J connectivity index is 2.15. The lowest BCUT2D eigenvalue weighted by atomic mass is 10.00. The fourth-order valence-corrected chi connectivity index (χ4v) is 3.04. The number of nitrogens with one attached hydrogen (secondary N) is 1. The number of carbonyl (C=O) groups excluding carboxylic acids is 2. The van der Waals surface area contributed by atoms with Gasteiger partial charge in [0, 0.05) is 30.6 Å². The molecule has 2 heterocycles. The second-order valence-electron chi connectivity index (χ2n) is 6.21. The number of halogens is 1. The molecule has 3 rings (SSSR count). The summed E-state index contributed by atoms with van der Waals surface area (Å²) in [5, 5.41) is 3.82. The van der Waals surface area contributed by atoms with Crippen molar-refractivity contribution in [3.05, 3.63) is 47.4 Å². The maximum atomic E-state index is 13.3. The number of carbonyl (C=O) groups is 2. The van der Waals surface area contributed by atoms with Crippen LogP contribution in [-0.4, -0.2) is 24.5 Å². The molecule has 1 aliphatic rings. The zero-order valence-corrected chi connectivity index (χ0v) is 14.9. The Kier molecular flexibility index (Phi) is 4.93. The van der Waals surface area contributed by atoms with Gasteiger partial charge in [0.25, 0.3) is 0 Å². The number of ether oxygens (including phenoxy) is 1. The maximum Gasteiger partial charge on any atom is 0.236 e. The Bertz CT molecular complexity index is 937. The summed E-state index contributed by atoms with van der Waals surface area (Å²) in [6.45, 7) is 4.93. The molecule has 0 saturated heterocycles. The number of hydrogen-bond acceptors (Lipinski definition) is 5. The molecule has 0 amide bonds. The van der Waals surface area contributed by atoms with Crippen molar-refractivity contribution in [2.45, 2.75) is 33.5 Å². The lowest BCUT2D eigenvalue weighted by molar-refractivity contribution is -0.118. The van der Waals surface area contributed by atoms with Gasteiger partial charge in [0.15, 0.2) is 22.9 Å². The van der Waals surface area contributed by atoms with Gasteiger partial charge in [0.1, 0.15) is 5.76 Å². The predicted molar refractivity (Wildman–Crippen MR) is 96.5 cm³/mol. The van der Waals surface area contributed by atoms with Crippen LogP contribution in [0.5, 0.6) is 5.75 Å². The van der Waals surface area contributed by atoms with E-state index >= 15 is 0 Å². The molecular formula is C20H20FNO4. The number of alkyl halides is 1. The number of ketones is 2. The number of allylic oxidation sites excluding steroid dienone is 3. The van der Waals surface area contributed by atoms with Gasteiger partial charge in [-0.25, -0.2) is 4.39 Å². The average Bonchev–Trinajstić information content (AvgIpc) is 2.93. The number of rotatable bonds is 3. The molecule has 26 heavy (non-hydrogen) atoms. The summed E-state index contributed by atoms with van der Waals surface area (Å²) in [6.07, 6.45) is 1.99. The largest absolute Gasteiger partial charge is 0.457 e. The monoisotopic (exact) mass is 357 g/mol. The molecule has 1 unspecified atom stereocenters. The van der Waals surface area contributed by atoms with Gasteiger partial charge in [-0.3, -0.25) is 9.59 Å². The number of furan rings is 1. The van der Waals surface area contributed by atoms with Gasteiger partial charge in [-0.15, -0.1) is 0 Å². The number of hydrogen-bond donors (Lipinski definition) is 1. The van der Waals surface area contributed by atoms with Crippen LogP contribution in [0.3, 0.4) is 0 Å². The predicted octanol–water partition coefficient (Wildman–Crippen LogP) is 3.72. The third-order valence-corrected chi connectivity index (χ3v) is 4.19. The Labute approximate surface area is 150 Å². The van der Waals surface area contributed by atoms with Crippen molar-refractivity contribution >= 4 is 28.1 Å². The van der Waals surface area contributed by atoms with Gasteiger partial charge in [0.05, 0.1) is 5.57 Å². The zero-order valence-electron chi connectivity index (χ0n) is 14.9. The molecule has 136 valence electrons. The van der Waals surface area contributed by atoms with Gasteiger partial charge >= 0.3 is 0 Å². The van der Waals surface area contributed by atoms with E-state index in [-0.39, 0.29) is 17.1 Å². The minimum atomic E-state index is -1.47. The highest BCUT2D eigenvalue weighted by Gasteiger charge is 2.21. The van der Waals surface area contributed by atoms with Crippen LogP contribution in [0.1, 0.15) is 32.1 Å². The third-order valence-electron chi connectivity index (χ3n) is 4.19. The number of Topliss-reactive ketones (excluding diaryl/α,β-unsaturated/α-hetero) is 1. The average molecular weight is 357 g/mol. The fraction of sp³-hybridized carbons (Fsp3) is 0.300. The highest BCUT2D eigenvalue weighted by Crippen LogP contribution is 2.36. The topological polar surface area (TPSA) is 68.5 Å². The first-order chi connectivity index (χ1) is 12.4. The summed E-state index contributed by atoms with van der Waals surface area (Å²) in [5.41, 5.74) is 2.06. The van der Waals surface area contributed by atoms with Gasteiger partial charge < -0.3 is 14.5 Å². The molecule has 1 aromatic heterocycles. The first kappa shape index (κ1) is 17.9. The molecule has 1 N–H and O–H groups in total. The van der Waals surface area contributed by atoms with E-state index in [4.69, 9.17) is 9.15 Å². The van der Waals surface area contributed by atoms with Crippen LogP contribution < -0.4 is 10.1 Å². The van der Waals surface area contributed by atoms with Gasteiger partial charge in [-0.1, -0.05) is 12.1 Å². The Morgan fingerprint density at radius 2 is 2.15 bits per heavy atom. The molecule has 1 aliphatic heterocycles. The van der Waals surface area contributed by atoms with E-state index in [9.17, 15) is 14.0 Å². The van der Waals surface area contributed by atoms with Crippen LogP contribution in [-0.2, 0) is 16.0 Å². The van der Waals surface area contributed by atoms with Crippen LogP contribution in [0.15, 0.2) is 40.5 Å². The first-order valence-corrected chi connectivity index (χ1v) is 8.41. The molecule has 0 fully saturated rings. The van der Waals surface area contributed by atoms with E-state index in [1.165, 1.54) is 26.1 Å². The molecule has 5 nitrogen and oxygen atoms in total. The lowest BCUT2D eigenvalue weighted by Gasteiger charge is -2.08. The zero-order chi connectivity index (χ0) is 18.8. The molecule has 6 heteroatoms. The lowest BCUT2D eigenvalue weighted by Crippen LogP contribution is -2.17. The second kappa shape index (κ2) is 7.15. The number of para-hydroxylation sites is 1. The summed E-state index contributed by atoms with van der Waals surface area (Å²) >= 11 is 0. The molecule has 1 aromatic carbocycles. The SMILES string of the molecule is CC(=O)/C1=C/NCCc2c(oc3c(OC(C)F)cccc23)/C(C)=C/C1=O. The van der Waals surface area contributed by atoms with Gasteiger partial charge in [-0.05, 0) is 38.0 Å². The quantitative estimate of drug-likeness (QED) is 0.848. The molecule has 2 aromatic rings. The summed E-state index contributed by atoms with van der Waals surface area (Å²) in [5.74, 6) is 0.172. The first-order valence-electron chi connectivity index (χ1n) is 8.41. The highest BCUT2D eigenvalue weighted by atomic mass is 19.1. The van der Waals surface area contributed by atoms with Crippen LogP contribution in [0.2, 0.25) is 0 Å². The summed E-state index contributed by atoms with van der Waals surface area (Å²) < 4.78 is 24.5. The van der Waals surface area contributed by atoms with Gasteiger partial charge in [0.2, 0.25) is 6.36 Å². The normalized spacial score (nSPS) is 20.2. The molecule has 1 atom stereocenters. The standard InChI is InChI=1S/C20H20FNO4/c1-11-9-17(24)16(12(2)23)10-22-8-7-15-14-5-4-6-18(25-13(3)21)20(14)26-19(11)15/h4-6,9-10,13,22H,7-8H2,1-3H3/b11-9+,16-10-. The van der Waals surface area contributed by atoms with E-state index < -0.39 is 6.36 Å².